The molecule has 1 amide bonds. The van der Waals surface area contributed by atoms with E-state index in [2.05, 4.69) is 4.98 Å². The molecule has 7 heteroatoms. The third-order valence-electron chi connectivity index (χ3n) is 3.22. The van der Waals surface area contributed by atoms with E-state index in [1.54, 1.807) is 49.0 Å². The van der Waals surface area contributed by atoms with Gasteiger partial charge in [0.25, 0.3) is 0 Å². The van der Waals surface area contributed by atoms with Gasteiger partial charge in [-0.15, -0.1) is 0 Å². The van der Waals surface area contributed by atoms with Crippen LogP contribution in [0.3, 0.4) is 0 Å². The minimum atomic E-state index is -1.11. The van der Waals surface area contributed by atoms with E-state index in [1.807, 2.05) is 7.05 Å². The first-order valence-corrected chi connectivity index (χ1v) is 6.96. The molecule has 0 aliphatic carbocycles. The largest absolute Gasteiger partial charge is 0.465 e. The Kier molecular flexibility index (Phi) is 4.16. The van der Waals surface area contributed by atoms with E-state index in [9.17, 15) is 9.90 Å². The van der Waals surface area contributed by atoms with Crippen LogP contribution in [-0.4, -0.2) is 20.8 Å². The summed E-state index contributed by atoms with van der Waals surface area (Å²) in [6.07, 6.45) is 2.28. The van der Waals surface area contributed by atoms with Crippen molar-refractivity contribution < 1.29 is 9.90 Å². The minimum absolute atomic E-state index is 0.374. The Morgan fingerprint density at radius 2 is 1.86 bits per heavy atom. The summed E-state index contributed by atoms with van der Waals surface area (Å²) in [7, 11) is 1.81. The molecule has 0 saturated carbocycles. The highest BCUT2D eigenvalue weighted by molar-refractivity contribution is 6.35. The summed E-state index contributed by atoms with van der Waals surface area (Å²) < 4.78 is 1.78. The summed E-state index contributed by atoms with van der Waals surface area (Å²) in [5, 5.41) is 10.4. The van der Waals surface area contributed by atoms with Crippen LogP contribution in [0.1, 0.15) is 19.7 Å². The van der Waals surface area contributed by atoms with Gasteiger partial charge in [-0.05, 0) is 32.0 Å². The number of rotatable bonds is 3. The lowest BCUT2D eigenvalue weighted by Crippen LogP contribution is -2.46. The van der Waals surface area contributed by atoms with Gasteiger partial charge in [-0.1, -0.05) is 23.2 Å². The van der Waals surface area contributed by atoms with E-state index < -0.39 is 11.6 Å². The lowest BCUT2D eigenvalue weighted by molar-refractivity contribution is 0.193. The summed E-state index contributed by atoms with van der Waals surface area (Å²) in [6.45, 7) is 3.55. The predicted molar refractivity (Wildman–Crippen MR) is 83.2 cm³/mol. The van der Waals surface area contributed by atoms with Crippen molar-refractivity contribution in [3.63, 3.8) is 0 Å². The second-order valence-corrected chi connectivity index (χ2v) is 6.04. The van der Waals surface area contributed by atoms with Crippen LogP contribution in [0.2, 0.25) is 10.0 Å². The van der Waals surface area contributed by atoms with Crippen molar-refractivity contribution in [1.82, 2.24) is 9.55 Å². The second kappa shape index (κ2) is 5.58. The van der Waals surface area contributed by atoms with Crippen LogP contribution in [0, 0.1) is 0 Å². The van der Waals surface area contributed by atoms with Crippen LogP contribution >= 0.6 is 23.2 Å². The molecule has 0 atom stereocenters. The lowest BCUT2D eigenvalue weighted by Gasteiger charge is -2.36. The number of aryl methyl sites for hydroxylation is 1. The van der Waals surface area contributed by atoms with Crippen molar-refractivity contribution in [3.8, 4) is 0 Å². The fourth-order valence-corrected chi connectivity index (χ4v) is 2.91. The molecule has 2 rings (SSSR count). The summed E-state index contributed by atoms with van der Waals surface area (Å²) >= 11 is 12.0. The van der Waals surface area contributed by atoms with Crippen LogP contribution in [0.5, 0.6) is 0 Å². The van der Waals surface area contributed by atoms with E-state index in [-0.39, 0.29) is 0 Å². The molecule has 1 aromatic carbocycles. The average Bonchev–Trinajstić information content (AvgIpc) is 2.73. The molecule has 0 radical (unpaired) electrons. The monoisotopic (exact) mass is 327 g/mol. The molecule has 0 saturated heterocycles. The number of amides is 1. The van der Waals surface area contributed by atoms with Gasteiger partial charge in [-0.2, -0.15) is 0 Å². The number of carbonyl (C=O) groups is 1. The van der Waals surface area contributed by atoms with Crippen LogP contribution in [0.25, 0.3) is 0 Å². The first kappa shape index (κ1) is 15.7. The molecule has 5 nitrogen and oxygen atoms in total. The van der Waals surface area contributed by atoms with Gasteiger partial charge >= 0.3 is 6.09 Å². The molecule has 1 aromatic heterocycles. The van der Waals surface area contributed by atoms with Crippen LogP contribution in [0.4, 0.5) is 10.5 Å². The average molecular weight is 328 g/mol. The first-order chi connectivity index (χ1) is 9.73. The molecule has 21 heavy (non-hydrogen) atoms. The molecule has 2 aromatic rings. The molecule has 1 heterocycles. The topological polar surface area (TPSA) is 58.4 Å². The molecule has 1 N–H and O–H groups in total. The van der Waals surface area contributed by atoms with Gasteiger partial charge in [0, 0.05) is 29.5 Å². The summed E-state index contributed by atoms with van der Waals surface area (Å²) in [5.41, 5.74) is -0.494. The summed E-state index contributed by atoms with van der Waals surface area (Å²) in [6, 6.07) is 4.68. The summed E-state index contributed by atoms with van der Waals surface area (Å²) in [4.78, 5) is 17.2. The van der Waals surface area contributed by atoms with Crippen molar-refractivity contribution in [2.75, 3.05) is 4.90 Å². The van der Waals surface area contributed by atoms with Crippen molar-refractivity contribution in [2.24, 2.45) is 7.05 Å². The number of hydrogen-bond acceptors (Lipinski definition) is 2. The molecule has 112 valence electrons. The standard InChI is InChI=1S/C14H15Cl2N3O2/c1-14(2,12-17-4-5-18(12)3)19(13(20)21)11-7-9(15)6-10(16)8-11/h4-8H,1-3H3,(H,20,21). The zero-order valence-electron chi connectivity index (χ0n) is 11.8. The number of nitrogens with zero attached hydrogens (tertiary/aromatic N) is 3. The number of hydrogen-bond donors (Lipinski definition) is 1. The number of carboxylic acid groups (broad SMARTS) is 1. The van der Waals surface area contributed by atoms with E-state index in [0.717, 1.165) is 0 Å². The maximum absolute atomic E-state index is 11.8. The maximum atomic E-state index is 11.8. The van der Waals surface area contributed by atoms with Gasteiger partial charge in [-0.3, -0.25) is 4.90 Å². The predicted octanol–water partition coefficient (Wildman–Crippen LogP) is 4.15. The molecule has 0 unspecified atom stereocenters. The van der Waals surface area contributed by atoms with Gasteiger partial charge in [-0.25, -0.2) is 9.78 Å². The molecular weight excluding hydrogens is 313 g/mol. The maximum Gasteiger partial charge on any atom is 0.412 e. The quantitative estimate of drug-likeness (QED) is 0.921. The summed E-state index contributed by atoms with van der Waals surface area (Å²) in [5.74, 6) is 0.612. The SMILES string of the molecule is Cn1ccnc1C(C)(C)N(C(=O)O)c1cc(Cl)cc(Cl)c1. The highest BCUT2D eigenvalue weighted by Crippen LogP contribution is 2.34. The van der Waals surface area contributed by atoms with E-state index in [4.69, 9.17) is 23.2 Å². The Morgan fingerprint density at radius 3 is 2.29 bits per heavy atom. The van der Waals surface area contributed by atoms with Crippen LogP contribution in [0.15, 0.2) is 30.6 Å². The smallest absolute Gasteiger partial charge is 0.412 e. The number of aromatic nitrogens is 2. The molecule has 0 spiro atoms. The minimum Gasteiger partial charge on any atom is -0.465 e. The van der Waals surface area contributed by atoms with Crippen molar-refractivity contribution in [2.45, 2.75) is 19.4 Å². The Bertz CT molecular complexity index is 662. The van der Waals surface area contributed by atoms with E-state index >= 15 is 0 Å². The number of imidazole rings is 1. The fourth-order valence-electron chi connectivity index (χ4n) is 2.40. The van der Waals surface area contributed by atoms with Crippen LogP contribution < -0.4 is 4.90 Å². The Labute approximate surface area is 132 Å². The second-order valence-electron chi connectivity index (χ2n) is 5.17. The first-order valence-electron chi connectivity index (χ1n) is 6.20. The fraction of sp³-hybridized carbons (Fsp3) is 0.286. The number of halogens is 2. The molecular formula is C14H15Cl2N3O2. The number of anilines is 1. The molecule has 0 aliphatic rings. The highest BCUT2D eigenvalue weighted by atomic mass is 35.5. The molecule has 0 bridgehead atoms. The van der Waals surface area contributed by atoms with Gasteiger partial charge in [0.05, 0.1) is 5.69 Å². The van der Waals surface area contributed by atoms with Gasteiger partial charge in [0.15, 0.2) is 0 Å². The molecule has 0 aliphatic heterocycles. The van der Waals surface area contributed by atoms with Crippen molar-refractivity contribution >= 4 is 35.0 Å². The third-order valence-corrected chi connectivity index (χ3v) is 3.66. The van der Waals surface area contributed by atoms with Crippen molar-refractivity contribution in [1.29, 1.82) is 0 Å². The highest BCUT2D eigenvalue weighted by Gasteiger charge is 2.37. The Morgan fingerprint density at radius 1 is 1.29 bits per heavy atom. The Hall–Kier alpha value is -1.72. The Balaban J connectivity index is 2.58. The van der Waals surface area contributed by atoms with E-state index in [0.29, 0.717) is 21.6 Å². The van der Waals surface area contributed by atoms with Crippen LogP contribution in [-0.2, 0) is 12.6 Å². The van der Waals surface area contributed by atoms with Crippen molar-refractivity contribution in [3.05, 3.63) is 46.5 Å². The molecule has 0 fully saturated rings. The van der Waals surface area contributed by atoms with E-state index in [1.165, 1.54) is 4.90 Å². The number of benzene rings is 1. The van der Waals surface area contributed by atoms with Gasteiger partial charge in [0.2, 0.25) is 0 Å². The normalized spacial score (nSPS) is 11.5. The lowest BCUT2D eigenvalue weighted by atomic mass is 10.0. The zero-order chi connectivity index (χ0) is 15.8. The van der Waals surface area contributed by atoms with Gasteiger partial charge < -0.3 is 9.67 Å². The zero-order valence-corrected chi connectivity index (χ0v) is 13.4. The third kappa shape index (κ3) is 2.99. The van der Waals surface area contributed by atoms with Gasteiger partial charge in [0.1, 0.15) is 11.4 Å².